The van der Waals surface area contributed by atoms with E-state index in [1.807, 2.05) is 0 Å². The Bertz CT molecular complexity index is 520. The number of hydrogen-bond donors (Lipinski definition) is 1. The molecule has 0 spiro atoms. The van der Waals surface area contributed by atoms with Gasteiger partial charge in [0.15, 0.2) is 11.5 Å². The van der Waals surface area contributed by atoms with Crippen molar-refractivity contribution in [2.24, 2.45) is 0 Å². The van der Waals surface area contributed by atoms with Crippen LogP contribution in [0.1, 0.15) is 0 Å². The van der Waals surface area contributed by atoms with Crippen LogP contribution in [0.15, 0.2) is 36.4 Å². The predicted molar refractivity (Wildman–Crippen MR) is 52.3 cm³/mol. The van der Waals surface area contributed by atoms with Crippen LogP contribution < -0.4 is 4.74 Å². The Kier molecular flexibility index (Phi) is 2.38. The first-order valence-electron chi connectivity index (χ1n) is 4.44. The second-order valence-electron chi connectivity index (χ2n) is 3.18. The normalized spacial score (nSPS) is 11.7. The second kappa shape index (κ2) is 3.59. The first-order chi connectivity index (χ1) is 7.47. The number of alkyl halides is 3. The summed E-state index contributed by atoms with van der Waals surface area (Å²) in [5, 5.41) is 10.6. The number of aromatic hydroxyl groups is 1. The van der Waals surface area contributed by atoms with Crippen LogP contribution in [0.2, 0.25) is 0 Å². The van der Waals surface area contributed by atoms with Crippen molar-refractivity contribution in [2.75, 3.05) is 0 Å². The summed E-state index contributed by atoms with van der Waals surface area (Å²) in [6, 6.07) is 9.10. The van der Waals surface area contributed by atoms with Gasteiger partial charge in [0, 0.05) is 5.39 Å². The molecule has 0 aliphatic heterocycles. The average Bonchev–Trinajstić information content (AvgIpc) is 2.21. The number of benzene rings is 2. The third-order valence-corrected chi connectivity index (χ3v) is 2.09. The zero-order valence-electron chi connectivity index (χ0n) is 7.95. The van der Waals surface area contributed by atoms with Crippen LogP contribution in [0.4, 0.5) is 13.2 Å². The molecule has 84 valence electrons. The summed E-state index contributed by atoms with van der Waals surface area (Å²) in [6.45, 7) is 0. The first-order valence-corrected chi connectivity index (χ1v) is 4.44. The number of phenols is 1. The maximum Gasteiger partial charge on any atom is 0.573 e. The highest BCUT2D eigenvalue weighted by atomic mass is 19.4. The maximum atomic E-state index is 12.0. The molecule has 0 amide bonds. The fourth-order valence-corrected chi connectivity index (χ4v) is 1.44. The van der Waals surface area contributed by atoms with Gasteiger partial charge in [-0.2, -0.15) is 0 Å². The molecule has 0 saturated heterocycles. The molecule has 0 saturated carbocycles. The summed E-state index contributed by atoms with van der Waals surface area (Å²) in [4.78, 5) is 0. The quantitative estimate of drug-likeness (QED) is 0.810. The number of fused-ring (bicyclic) bond motifs is 1. The fourth-order valence-electron chi connectivity index (χ4n) is 1.44. The zero-order valence-corrected chi connectivity index (χ0v) is 7.95. The molecule has 5 heteroatoms. The van der Waals surface area contributed by atoms with Gasteiger partial charge in [0.1, 0.15) is 0 Å². The Morgan fingerprint density at radius 2 is 1.69 bits per heavy atom. The summed E-state index contributed by atoms with van der Waals surface area (Å²) in [6.07, 6.45) is -4.81. The van der Waals surface area contributed by atoms with Crippen LogP contribution in [-0.2, 0) is 0 Å². The Balaban J connectivity index is 2.53. The SMILES string of the molecule is Oc1c(OC(F)(F)F)ccc2ccccc12. The van der Waals surface area contributed by atoms with Gasteiger partial charge in [0.25, 0.3) is 0 Å². The molecule has 0 aliphatic carbocycles. The fraction of sp³-hybridized carbons (Fsp3) is 0.0909. The van der Waals surface area contributed by atoms with E-state index in [-0.39, 0.29) is 0 Å². The van der Waals surface area contributed by atoms with E-state index in [1.54, 1.807) is 18.2 Å². The highest BCUT2D eigenvalue weighted by Gasteiger charge is 2.32. The molecule has 0 aliphatic rings. The molecular formula is C11H7F3O2. The lowest BCUT2D eigenvalue weighted by Crippen LogP contribution is -2.17. The van der Waals surface area contributed by atoms with Gasteiger partial charge in [-0.15, -0.1) is 13.2 Å². The van der Waals surface area contributed by atoms with Crippen LogP contribution in [0, 0.1) is 0 Å². The van der Waals surface area contributed by atoms with Crippen molar-refractivity contribution in [2.45, 2.75) is 6.36 Å². The van der Waals surface area contributed by atoms with E-state index in [9.17, 15) is 18.3 Å². The van der Waals surface area contributed by atoms with Crippen molar-refractivity contribution in [3.05, 3.63) is 36.4 Å². The van der Waals surface area contributed by atoms with Crippen LogP contribution in [0.25, 0.3) is 10.8 Å². The van der Waals surface area contributed by atoms with Crippen LogP contribution >= 0.6 is 0 Å². The van der Waals surface area contributed by atoms with E-state index in [0.717, 1.165) is 6.07 Å². The molecular weight excluding hydrogens is 221 g/mol. The minimum absolute atomic E-state index is 0.323. The van der Waals surface area contributed by atoms with E-state index in [4.69, 9.17) is 0 Å². The minimum atomic E-state index is -4.81. The Hall–Kier alpha value is -1.91. The molecule has 0 radical (unpaired) electrons. The molecule has 0 unspecified atom stereocenters. The summed E-state index contributed by atoms with van der Waals surface area (Å²) in [5.74, 6) is -1.10. The Morgan fingerprint density at radius 3 is 2.38 bits per heavy atom. The average molecular weight is 228 g/mol. The Labute approximate surface area is 88.9 Å². The molecule has 0 atom stereocenters. The van der Waals surface area contributed by atoms with Crippen LogP contribution in [-0.4, -0.2) is 11.5 Å². The topological polar surface area (TPSA) is 29.5 Å². The molecule has 0 fully saturated rings. The summed E-state index contributed by atoms with van der Waals surface area (Å²) in [7, 11) is 0. The zero-order chi connectivity index (χ0) is 11.8. The lowest BCUT2D eigenvalue weighted by Gasteiger charge is -2.11. The van der Waals surface area contributed by atoms with Gasteiger partial charge >= 0.3 is 6.36 Å². The van der Waals surface area contributed by atoms with Crippen molar-refractivity contribution < 1.29 is 23.0 Å². The molecule has 16 heavy (non-hydrogen) atoms. The van der Waals surface area contributed by atoms with Gasteiger partial charge in [0.2, 0.25) is 0 Å². The van der Waals surface area contributed by atoms with Gasteiger partial charge < -0.3 is 9.84 Å². The largest absolute Gasteiger partial charge is 0.573 e. The molecule has 2 rings (SSSR count). The monoisotopic (exact) mass is 228 g/mol. The van der Waals surface area contributed by atoms with Crippen molar-refractivity contribution >= 4 is 10.8 Å². The third kappa shape index (κ3) is 2.03. The highest BCUT2D eigenvalue weighted by molar-refractivity contribution is 5.90. The van der Waals surface area contributed by atoms with E-state index in [2.05, 4.69) is 4.74 Å². The maximum absolute atomic E-state index is 12.0. The first kappa shape index (κ1) is 10.6. The minimum Gasteiger partial charge on any atom is -0.504 e. The van der Waals surface area contributed by atoms with E-state index in [0.29, 0.717) is 10.8 Å². The number of hydrogen-bond acceptors (Lipinski definition) is 2. The van der Waals surface area contributed by atoms with Gasteiger partial charge in [-0.25, -0.2) is 0 Å². The standard InChI is InChI=1S/C11H7F3O2/c12-11(13,14)16-9-6-5-7-3-1-2-4-8(7)10(9)15/h1-6,15H. The number of rotatable bonds is 1. The molecule has 2 aromatic carbocycles. The second-order valence-corrected chi connectivity index (χ2v) is 3.18. The van der Waals surface area contributed by atoms with E-state index >= 15 is 0 Å². The number of halogens is 3. The van der Waals surface area contributed by atoms with Gasteiger partial charge in [-0.3, -0.25) is 0 Å². The van der Waals surface area contributed by atoms with Gasteiger partial charge in [-0.05, 0) is 11.5 Å². The molecule has 2 nitrogen and oxygen atoms in total. The summed E-state index contributed by atoms with van der Waals surface area (Å²) >= 11 is 0. The molecule has 0 aromatic heterocycles. The molecule has 2 aromatic rings. The molecule has 0 bridgehead atoms. The van der Waals surface area contributed by atoms with E-state index in [1.165, 1.54) is 12.1 Å². The smallest absolute Gasteiger partial charge is 0.504 e. The van der Waals surface area contributed by atoms with Crippen molar-refractivity contribution in [1.82, 2.24) is 0 Å². The van der Waals surface area contributed by atoms with Crippen molar-refractivity contribution in [3.63, 3.8) is 0 Å². The lowest BCUT2D eigenvalue weighted by atomic mass is 10.1. The number of ether oxygens (including phenoxy) is 1. The van der Waals surface area contributed by atoms with E-state index < -0.39 is 17.9 Å². The summed E-state index contributed by atoms with van der Waals surface area (Å²) < 4.78 is 39.7. The Morgan fingerprint density at radius 1 is 1.00 bits per heavy atom. The van der Waals surface area contributed by atoms with Crippen LogP contribution in [0.3, 0.4) is 0 Å². The highest BCUT2D eigenvalue weighted by Crippen LogP contribution is 2.37. The van der Waals surface area contributed by atoms with Crippen LogP contribution in [0.5, 0.6) is 11.5 Å². The number of phenolic OH excluding ortho intramolecular Hbond substituents is 1. The third-order valence-electron chi connectivity index (χ3n) is 2.09. The van der Waals surface area contributed by atoms with Gasteiger partial charge in [0.05, 0.1) is 0 Å². The summed E-state index contributed by atoms with van der Waals surface area (Å²) in [5.41, 5.74) is 0. The lowest BCUT2D eigenvalue weighted by molar-refractivity contribution is -0.275. The van der Waals surface area contributed by atoms with Gasteiger partial charge in [-0.1, -0.05) is 30.3 Å². The van der Waals surface area contributed by atoms with Crippen molar-refractivity contribution in [1.29, 1.82) is 0 Å². The van der Waals surface area contributed by atoms with Crippen molar-refractivity contribution in [3.8, 4) is 11.5 Å². The molecule has 1 N–H and O–H groups in total. The molecule has 0 heterocycles. The predicted octanol–water partition coefficient (Wildman–Crippen LogP) is 3.44.